The second-order valence-corrected chi connectivity index (χ2v) is 5.89. The van der Waals surface area contributed by atoms with Crippen LogP contribution in [0.25, 0.3) is 0 Å². The fourth-order valence-corrected chi connectivity index (χ4v) is 1.23. The van der Waals surface area contributed by atoms with Gasteiger partial charge in [0.1, 0.15) is 0 Å². The molecule has 0 aromatic heterocycles. The van der Waals surface area contributed by atoms with E-state index in [1.54, 1.807) is 0 Å². The van der Waals surface area contributed by atoms with Gasteiger partial charge in [-0.05, 0) is 13.3 Å². The number of hydrogen-bond donors (Lipinski definition) is 0. The fourth-order valence-electron chi connectivity index (χ4n) is 1.23. The van der Waals surface area contributed by atoms with E-state index in [-0.39, 0.29) is 1.43 Å². The SMILES string of the molecule is CCCCN1C=CN(CC)C1.F[P-](F)(F)(F)(F)F.[H+]. The van der Waals surface area contributed by atoms with Crippen molar-refractivity contribution in [3.63, 3.8) is 0 Å². The average molecular weight is 300 g/mol. The van der Waals surface area contributed by atoms with Crippen LogP contribution in [0.4, 0.5) is 25.2 Å². The average Bonchev–Trinajstić information content (AvgIpc) is 2.57. The molecular weight excluding hydrogens is 281 g/mol. The summed E-state index contributed by atoms with van der Waals surface area (Å²) < 4.78 is 59.2. The summed E-state index contributed by atoms with van der Waals surface area (Å²) in [6, 6.07) is 0. The largest absolute Gasteiger partial charge is 1.00 e. The predicted molar refractivity (Wildman–Crippen MR) is 62.7 cm³/mol. The Morgan fingerprint density at radius 1 is 1.00 bits per heavy atom. The summed E-state index contributed by atoms with van der Waals surface area (Å²) in [4.78, 5) is 4.68. The summed E-state index contributed by atoms with van der Waals surface area (Å²) >= 11 is 0. The van der Waals surface area contributed by atoms with Crippen molar-refractivity contribution >= 4 is 7.81 Å². The van der Waals surface area contributed by atoms with Gasteiger partial charge in [-0.25, -0.2) is 0 Å². The van der Waals surface area contributed by atoms with E-state index in [0.717, 1.165) is 13.2 Å². The Kier molecular flexibility index (Phi) is 4.96. The second kappa shape index (κ2) is 5.15. The van der Waals surface area contributed by atoms with Crippen molar-refractivity contribution in [3.8, 4) is 0 Å². The number of nitrogens with zero attached hydrogens (tertiary/aromatic N) is 2. The van der Waals surface area contributed by atoms with Crippen molar-refractivity contribution in [2.45, 2.75) is 26.7 Å². The van der Waals surface area contributed by atoms with Crippen LogP contribution >= 0.6 is 7.81 Å². The van der Waals surface area contributed by atoms with E-state index in [1.807, 2.05) is 0 Å². The normalized spacial score (nSPS) is 19.1. The molecule has 18 heavy (non-hydrogen) atoms. The molecule has 0 amide bonds. The smallest absolute Gasteiger partial charge is 1.00 e. The molecule has 0 radical (unpaired) electrons. The summed E-state index contributed by atoms with van der Waals surface area (Å²) in [6.45, 7) is 7.85. The second-order valence-electron chi connectivity index (χ2n) is 3.97. The molecule has 9 heteroatoms. The summed E-state index contributed by atoms with van der Waals surface area (Å²) in [6.07, 6.45) is 6.97. The first-order chi connectivity index (χ1) is 7.81. The van der Waals surface area contributed by atoms with Gasteiger partial charge in [-0.2, -0.15) is 0 Å². The van der Waals surface area contributed by atoms with Gasteiger partial charge < -0.3 is 9.80 Å². The topological polar surface area (TPSA) is 6.48 Å². The Morgan fingerprint density at radius 2 is 1.44 bits per heavy atom. The van der Waals surface area contributed by atoms with Crippen molar-refractivity contribution in [1.29, 1.82) is 0 Å². The van der Waals surface area contributed by atoms with Crippen LogP contribution < -0.4 is 0 Å². The van der Waals surface area contributed by atoms with Crippen molar-refractivity contribution in [1.82, 2.24) is 9.80 Å². The molecule has 0 N–H and O–H groups in total. The van der Waals surface area contributed by atoms with Gasteiger partial charge in [0, 0.05) is 25.5 Å². The summed E-state index contributed by atoms with van der Waals surface area (Å²) in [7, 11) is -10.7. The van der Waals surface area contributed by atoms with E-state index in [9.17, 15) is 25.2 Å². The minimum absolute atomic E-state index is 0. The maximum absolute atomic E-state index is 10.7. The van der Waals surface area contributed by atoms with Gasteiger partial charge in [-0.1, -0.05) is 13.3 Å². The molecular formula is C9H19F6N2P. The third kappa shape index (κ3) is 15.4. The monoisotopic (exact) mass is 300 g/mol. The first-order valence-electron chi connectivity index (χ1n) is 5.54. The quantitative estimate of drug-likeness (QED) is 0.510. The molecule has 112 valence electrons. The molecule has 0 aromatic rings. The standard InChI is InChI=1S/C9H18N2.F6P/c1-3-5-6-11-8-7-10(4-2)9-11;1-7(2,3,4,5)6/h7-8H,3-6,9H2,1-2H3;/q;-1/p+1. The van der Waals surface area contributed by atoms with E-state index in [1.165, 1.54) is 19.4 Å². The molecule has 0 saturated heterocycles. The van der Waals surface area contributed by atoms with Gasteiger partial charge in [-0.15, -0.1) is 0 Å². The van der Waals surface area contributed by atoms with Crippen LogP contribution in [0.2, 0.25) is 0 Å². The van der Waals surface area contributed by atoms with Gasteiger partial charge in [0.2, 0.25) is 0 Å². The van der Waals surface area contributed by atoms with Gasteiger partial charge in [0.05, 0.1) is 6.67 Å². The van der Waals surface area contributed by atoms with E-state index in [2.05, 4.69) is 36.0 Å². The van der Waals surface area contributed by atoms with Crippen molar-refractivity contribution < 1.29 is 26.6 Å². The zero-order valence-corrected chi connectivity index (χ0v) is 11.2. The van der Waals surface area contributed by atoms with Crippen LogP contribution in [0.5, 0.6) is 0 Å². The van der Waals surface area contributed by atoms with E-state index < -0.39 is 7.81 Å². The molecule has 0 atom stereocenters. The third-order valence-corrected chi connectivity index (χ3v) is 2.06. The number of rotatable bonds is 4. The minimum Gasteiger partial charge on any atom is 1.00 e. The molecule has 0 unspecified atom stereocenters. The molecule has 1 aliphatic heterocycles. The van der Waals surface area contributed by atoms with Crippen molar-refractivity contribution in [3.05, 3.63) is 12.4 Å². The van der Waals surface area contributed by atoms with Crippen LogP contribution in [-0.2, 0) is 0 Å². The van der Waals surface area contributed by atoms with Gasteiger partial charge >= 0.3 is 34.4 Å². The molecule has 0 aromatic carbocycles. The van der Waals surface area contributed by atoms with Crippen LogP contribution in [0.3, 0.4) is 0 Å². The molecule has 1 rings (SSSR count). The third-order valence-electron chi connectivity index (χ3n) is 2.06. The van der Waals surface area contributed by atoms with E-state index >= 15 is 0 Å². The van der Waals surface area contributed by atoms with E-state index in [0.29, 0.717) is 0 Å². The fraction of sp³-hybridized carbons (Fsp3) is 0.778. The minimum atomic E-state index is -10.7. The zero-order valence-electron chi connectivity index (χ0n) is 11.3. The summed E-state index contributed by atoms with van der Waals surface area (Å²) in [5.41, 5.74) is 0. The number of halogens is 6. The Hall–Kier alpha value is -0.650. The maximum atomic E-state index is 9.87. The molecule has 2 nitrogen and oxygen atoms in total. The Balaban J connectivity index is 0. The first kappa shape index (κ1) is 17.4. The van der Waals surface area contributed by atoms with Crippen LogP contribution in [-0.4, -0.2) is 29.6 Å². The Bertz CT molecular complexity index is 279. The van der Waals surface area contributed by atoms with Crippen LogP contribution in [0.1, 0.15) is 28.1 Å². The zero-order chi connectivity index (χ0) is 14.5. The molecule has 0 fully saturated rings. The Labute approximate surface area is 104 Å². The Morgan fingerprint density at radius 3 is 1.78 bits per heavy atom. The number of unbranched alkanes of at least 4 members (excludes halogenated alkanes) is 1. The van der Waals surface area contributed by atoms with E-state index in [4.69, 9.17) is 0 Å². The van der Waals surface area contributed by atoms with Crippen molar-refractivity contribution in [2.75, 3.05) is 19.8 Å². The molecule has 1 aliphatic rings. The summed E-state index contributed by atoms with van der Waals surface area (Å²) in [5, 5.41) is 0. The number of hydrogen-bond acceptors (Lipinski definition) is 2. The molecule has 0 saturated carbocycles. The van der Waals surface area contributed by atoms with Crippen molar-refractivity contribution in [2.24, 2.45) is 0 Å². The first-order valence-corrected chi connectivity index (χ1v) is 7.57. The molecule has 0 aliphatic carbocycles. The van der Waals surface area contributed by atoms with Gasteiger partial charge in [0.15, 0.2) is 0 Å². The molecule has 0 spiro atoms. The van der Waals surface area contributed by atoms with Crippen LogP contribution in [0, 0.1) is 0 Å². The molecule has 0 bridgehead atoms. The van der Waals surface area contributed by atoms with Gasteiger partial charge in [-0.3, -0.25) is 0 Å². The maximum Gasteiger partial charge on any atom is 1.00 e. The summed E-state index contributed by atoms with van der Waals surface area (Å²) in [5.74, 6) is 0. The van der Waals surface area contributed by atoms with Gasteiger partial charge in [0.25, 0.3) is 0 Å². The predicted octanol–water partition coefficient (Wildman–Crippen LogP) is 5.35. The van der Waals surface area contributed by atoms with Crippen LogP contribution in [0.15, 0.2) is 12.4 Å². The molecule has 1 heterocycles.